The minimum atomic E-state index is -0.547. The molecule has 0 bridgehead atoms. The van der Waals surface area contributed by atoms with E-state index in [9.17, 15) is 14.7 Å². The van der Waals surface area contributed by atoms with E-state index in [0.717, 1.165) is 17.7 Å². The first-order valence-electron chi connectivity index (χ1n) is 9.09. The van der Waals surface area contributed by atoms with Crippen LogP contribution in [0.3, 0.4) is 0 Å². The monoisotopic (exact) mass is 383 g/mol. The molecular formula is C20H21N3O3S. The molecule has 1 aromatic carbocycles. The molecule has 0 unspecified atom stereocenters. The van der Waals surface area contributed by atoms with Crippen LogP contribution in [0.5, 0.6) is 0 Å². The second-order valence-corrected chi connectivity index (χ2v) is 7.81. The van der Waals surface area contributed by atoms with Gasteiger partial charge in [-0.15, -0.1) is 11.3 Å². The number of rotatable bonds is 5. The van der Waals surface area contributed by atoms with Crippen molar-refractivity contribution in [3.05, 3.63) is 63.1 Å². The number of aliphatic hydroxyl groups excluding tert-OH is 1. The molecule has 3 heterocycles. The molecule has 7 heteroatoms. The standard InChI is InChI=1S/C20H21N3O3S/c24-17(19-8-4-10-27-19)11-14-5-3-9-22(14)20(26)13-23-16-7-2-1-6-15(16)18(25)12-21-23/h1-2,4,6-8,10,12,14,17,24H,3,5,9,11,13H2/t14-,17-/m0/s1. The third-order valence-corrected chi connectivity index (χ3v) is 6.08. The molecule has 1 amide bonds. The fraction of sp³-hybridized carbons (Fsp3) is 0.350. The number of aliphatic hydroxyl groups is 1. The van der Waals surface area contributed by atoms with E-state index in [2.05, 4.69) is 5.10 Å². The van der Waals surface area contributed by atoms with Crippen molar-refractivity contribution >= 4 is 28.1 Å². The lowest BCUT2D eigenvalue weighted by Gasteiger charge is -2.26. The fourth-order valence-corrected chi connectivity index (χ4v) is 4.49. The van der Waals surface area contributed by atoms with Crippen molar-refractivity contribution in [2.24, 2.45) is 0 Å². The van der Waals surface area contributed by atoms with E-state index in [-0.39, 0.29) is 23.9 Å². The maximum Gasteiger partial charge on any atom is 0.244 e. The van der Waals surface area contributed by atoms with Gasteiger partial charge in [-0.1, -0.05) is 18.2 Å². The van der Waals surface area contributed by atoms with E-state index in [0.29, 0.717) is 23.9 Å². The highest BCUT2D eigenvalue weighted by atomic mass is 32.1. The molecule has 0 aliphatic carbocycles. The summed E-state index contributed by atoms with van der Waals surface area (Å²) in [5.74, 6) is -0.0304. The molecule has 27 heavy (non-hydrogen) atoms. The molecule has 0 radical (unpaired) electrons. The zero-order valence-corrected chi connectivity index (χ0v) is 15.6. The van der Waals surface area contributed by atoms with Crippen molar-refractivity contribution in [1.29, 1.82) is 0 Å². The number of thiophene rings is 1. The average molecular weight is 383 g/mol. The van der Waals surface area contributed by atoms with Crippen LogP contribution in [-0.2, 0) is 11.3 Å². The molecule has 2 aromatic heterocycles. The predicted octanol–water partition coefficient (Wildman–Crippen LogP) is 2.57. The van der Waals surface area contributed by atoms with Gasteiger partial charge in [-0.2, -0.15) is 5.10 Å². The molecule has 4 rings (SSSR count). The van der Waals surface area contributed by atoms with E-state index in [1.54, 1.807) is 22.9 Å². The number of hydrogen-bond acceptors (Lipinski definition) is 5. The zero-order valence-electron chi connectivity index (χ0n) is 14.8. The number of fused-ring (bicyclic) bond motifs is 1. The van der Waals surface area contributed by atoms with Crippen LogP contribution in [0.25, 0.3) is 10.9 Å². The van der Waals surface area contributed by atoms with Crippen molar-refractivity contribution in [2.45, 2.75) is 38.0 Å². The van der Waals surface area contributed by atoms with Gasteiger partial charge in [0.2, 0.25) is 11.3 Å². The van der Waals surface area contributed by atoms with Crippen LogP contribution < -0.4 is 5.43 Å². The van der Waals surface area contributed by atoms with Gasteiger partial charge >= 0.3 is 0 Å². The number of likely N-dealkylation sites (tertiary alicyclic amines) is 1. The molecule has 3 aromatic rings. The van der Waals surface area contributed by atoms with Gasteiger partial charge in [0.1, 0.15) is 6.54 Å². The topological polar surface area (TPSA) is 75.4 Å². The number of benzene rings is 1. The second-order valence-electron chi connectivity index (χ2n) is 6.83. The number of para-hydroxylation sites is 1. The Balaban J connectivity index is 1.51. The van der Waals surface area contributed by atoms with Crippen LogP contribution >= 0.6 is 11.3 Å². The lowest BCUT2D eigenvalue weighted by molar-refractivity contribution is -0.133. The van der Waals surface area contributed by atoms with Crippen LogP contribution in [0.15, 0.2) is 52.8 Å². The SMILES string of the molecule is O=C(Cn1ncc(=O)c2ccccc21)N1CCC[C@H]1C[C@H](O)c1cccs1. The highest BCUT2D eigenvalue weighted by molar-refractivity contribution is 7.10. The first kappa shape index (κ1) is 17.9. The number of carbonyl (C=O) groups excluding carboxylic acids is 1. The van der Waals surface area contributed by atoms with Gasteiger partial charge in [-0.3, -0.25) is 14.3 Å². The highest BCUT2D eigenvalue weighted by Gasteiger charge is 2.31. The van der Waals surface area contributed by atoms with E-state index < -0.39 is 6.10 Å². The molecule has 1 N–H and O–H groups in total. The summed E-state index contributed by atoms with van der Waals surface area (Å²) in [6.07, 6.45) is 3.09. The Morgan fingerprint density at radius 3 is 2.96 bits per heavy atom. The summed E-state index contributed by atoms with van der Waals surface area (Å²) in [6.45, 7) is 0.783. The maximum absolute atomic E-state index is 12.9. The van der Waals surface area contributed by atoms with Crippen molar-refractivity contribution < 1.29 is 9.90 Å². The summed E-state index contributed by atoms with van der Waals surface area (Å²) in [6, 6.07) is 11.1. The molecular weight excluding hydrogens is 362 g/mol. The quantitative estimate of drug-likeness (QED) is 0.735. The van der Waals surface area contributed by atoms with E-state index in [4.69, 9.17) is 0 Å². The van der Waals surface area contributed by atoms with E-state index in [1.165, 1.54) is 17.5 Å². The zero-order chi connectivity index (χ0) is 18.8. The van der Waals surface area contributed by atoms with E-state index in [1.807, 2.05) is 28.5 Å². The minimum absolute atomic E-state index is 0.0280. The summed E-state index contributed by atoms with van der Waals surface area (Å²) in [5, 5.41) is 17.1. The van der Waals surface area contributed by atoms with Gasteiger partial charge in [0.15, 0.2) is 0 Å². The fourth-order valence-electron chi connectivity index (χ4n) is 3.77. The van der Waals surface area contributed by atoms with E-state index >= 15 is 0 Å². The highest BCUT2D eigenvalue weighted by Crippen LogP contribution is 2.29. The lowest BCUT2D eigenvalue weighted by atomic mass is 10.1. The third kappa shape index (κ3) is 3.65. The number of hydrogen-bond donors (Lipinski definition) is 1. The first-order chi connectivity index (χ1) is 13.1. The number of carbonyl (C=O) groups is 1. The summed E-state index contributed by atoms with van der Waals surface area (Å²) in [4.78, 5) is 27.7. The Kier molecular flexibility index (Phi) is 5.05. The molecule has 6 nitrogen and oxygen atoms in total. The molecule has 1 fully saturated rings. The molecule has 140 valence electrons. The average Bonchev–Trinajstić information content (AvgIpc) is 3.36. The minimum Gasteiger partial charge on any atom is -0.387 e. The van der Waals surface area contributed by atoms with Crippen LogP contribution in [0.2, 0.25) is 0 Å². The largest absolute Gasteiger partial charge is 0.387 e. The van der Waals surface area contributed by atoms with Crippen molar-refractivity contribution in [1.82, 2.24) is 14.7 Å². The summed E-state index contributed by atoms with van der Waals surface area (Å²) in [5.41, 5.74) is 0.514. The van der Waals surface area contributed by atoms with Gasteiger partial charge in [0.25, 0.3) is 0 Å². The first-order valence-corrected chi connectivity index (χ1v) is 9.97. The molecule has 2 atom stereocenters. The molecule has 1 aliphatic heterocycles. The normalized spacial score (nSPS) is 18.1. The Morgan fingerprint density at radius 2 is 2.15 bits per heavy atom. The van der Waals surface area contributed by atoms with Crippen molar-refractivity contribution in [3.63, 3.8) is 0 Å². The second kappa shape index (κ2) is 7.62. The Morgan fingerprint density at radius 1 is 1.30 bits per heavy atom. The third-order valence-electron chi connectivity index (χ3n) is 5.11. The van der Waals surface area contributed by atoms with Crippen LogP contribution in [0.4, 0.5) is 0 Å². The lowest BCUT2D eigenvalue weighted by Crippen LogP contribution is -2.39. The Bertz CT molecular complexity index is 999. The number of nitrogens with zero attached hydrogens (tertiary/aromatic N) is 3. The summed E-state index contributed by atoms with van der Waals surface area (Å²) < 4.78 is 1.59. The van der Waals surface area contributed by atoms with Crippen molar-refractivity contribution in [3.8, 4) is 0 Å². The Hall–Kier alpha value is -2.51. The number of amides is 1. The van der Waals surface area contributed by atoms with Crippen LogP contribution in [0, 0.1) is 0 Å². The van der Waals surface area contributed by atoms with Crippen LogP contribution in [0.1, 0.15) is 30.2 Å². The molecule has 1 aliphatic rings. The van der Waals surface area contributed by atoms with Crippen molar-refractivity contribution in [2.75, 3.05) is 6.54 Å². The maximum atomic E-state index is 12.9. The van der Waals surface area contributed by atoms with Gasteiger partial charge in [-0.05, 0) is 42.8 Å². The molecule has 0 saturated carbocycles. The Labute approximate surface area is 160 Å². The summed E-state index contributed by atoms with van der Waals surface area (Å²) in [7, 11) is 0. The van der Waals surface area contributed by atoms with Gasteiger partial charge < -0.3 is 10.0 Å². The van der Waals surface area contributed by atoms with Crippen LogP contribution in [-0.4, -0.2) is 38.3 Å². The van der Waals surface area contributed by atoms with Gasteiger partial charge in [0, 0.05) is 22.8 Å². The molecule has 1 saturated heterocycles. The summed E-state index contributed by atoms with van der Waals surface area (Å²) >= 11 is 1.53. The number of aromatic nitrogens is 2. The molecule has 0 spiro atoms. The smallest absolute Gasteiger partial charge is 0.244 e. The van der Waals surface area contributed by atoms with Gasteiger partial charge in [-0.25, -0.2) is 0 Å². The predicted molar refractivity (Wildman–Crippen MR) is 105 cm³/mol. The van der Waals surface area contributed by atoms with Gasteiger partial charge in [0.05, 0.1) is 17.8 Å².